The summed E-state index contributed by atoms with van der Waals surface area (Å²) in [5.41, 5.74) is 0. The summed E-state index contributed by atoms with van der Waals surface area (Å²) in [5, 5.41) is 7.08. The summed E-state index contributed by atoms with van der Waals surface area (Å²) in [5.74, 6) is 1.76. The molecule has 6 heteroatoms. The third-order valence-corrected chi connectivity index (χ3v) is 4.77. The molecular formula is C18H30N4O2. The van der Waals surface area contributed by atoms with Gasteiger partial charge in [-0.15, -0.1) is 0 Å². The highest BCUT2D eigenvalue weighted by Gasteiger charge is 2.26. The van der Waals surface area contributed by atoms with Gasteiger partial charge >= 0.3 is 0 Å². The first-order valence-corrected chi connectivity index (χ1v) is 9.14. The molecule has 0 amide bonds. The van der Waals surface area contributed by atoms with Crippen molar-refractivity contribution in [2.24, 2.45) is 0 Å². The van der Waals surface area contributed by atoms with Gasteiger partial charge in [0.05, 0.1) is 24.4 Å². The van der Waals surface area contributed by atoms with Gasteiger partial charge in [-0.3, -0.25) is 0 Å². The summed E-state index contributed by atoms with van der Waals surface area (Å²) in [6.45, 7) is 8.52. The normalized spacial score (nSPS) is 37.0. The van der Waals surface area contributed by atoms with Crippen molar-refractivity contribution in [2.45, 2.75) is 89.9 Å². The van der Waals surface area contributed by atoms with Crippen molar-refractivity contribution in [1.82, 2.24) is 9.97 Å². The molecule has 2 N–H and O–H groups in total. The van der Waals surface area contributed by atoms with Gasteiger partial charge in [-0.2, -0.15) is 0 Å². The van der Waals surface area contributed by atoms with E-state index in [9.17, 15) is 0 Å². The predicted molar refractivity (Wildman–Crippen MR) is 95.3 cm³/mol. The molecule has 134 valence electrons. The average molecular weight is 334 g/mol. The van der Waals surface area contributed by atoms with Gasteiger partial charge in [0.2, 0.25) is 0 Å². The number of ether oxygens (including phenoxy) is 2. The van der Waals surface area contributed by atoms with Gasteiger partial charge in [-0.1, -0.05) is 0 Å². The van der Waals surface area contributed by atoms with Crippen LogP contribution in [0.1, 0.15) is 53.4 Å². The number of aromatic nitrogens is 2. The van der Waals surface area contributed by atoms with E-state index < -0.39 is 0 Å². The van der Waals surface area contributed by atoms with Gasteiger partial charge < -0.3 is 20.1 Å². The molecule has 1 unspecified atom stereocenters. The number of hydrogen-bond acceptors (Lipinski definition) is 6. The first-order valence-electron chi connectivity index (χ1n) is 9.14. The lowest BCUT2D eigenvalue weighted by Crippen LogP contribution is -2.37. The predicted octanol–water partition coefficient (Wildman–Crippen LogP) is 3.21. The Labute approximate surface area is 144 Å². The van der Waals surface area contributed by atoms with Gasteiger partial charge in [0.25, 0.3) is 0 Å². The van der Waals surface area contributed by atoms with Crippen molar-refractivity contribution >= 4 is 11.6 Å². The second kappa shape index (κ2) is 7.66. The Balaban J connectivity index is 1.59. The molecule has 0 saturated carbocycles. The summed E-state index contributed by atoms with van der Waals surface area (Å²) in [7, 11) is 0. The molecule has 0 aliphatic carbocycles. The van der Waals surface area contributed by atoms with Crippen molar-refractivity contribution in [2.75, 3.05) is 10.6 Å². The molecule has 5 atom stereocenters. The molecule has 2 aliphatic rings. The van der Waals surface area contributed by atoms with Crippen LogP contribution in [-0.2, 0) is 9.47 Å². The zero-order valence-corrected chi connectivity index (χ0v) is 15.2. The van der Waals surface area contributed by atoms with E-state index in [1.54, 1.807) is 6.33 Å². The molecule has 1 aromatic rings. The zero-order valence-electron chi connectivity index (χ0n) is 15.2. The number of anilines is 2. The molecule has 2 aliphatic heterocycles. The minimum Gasteiger partial charge on any atom is -0.375 e. The van der Waals surface area contributed by atoms with Crippen LogP contribution in [0, 0.1) is 0 Å². The SMILES string of the molecule is C[C@@H]1CC(Nc2cc(NC3C[C@@H](C)O[C@@H](C)C3)ncn2)C[C@@H](C)O1. The highest BCUT2D eigenvalue weighted by atomic mass is 16.5. The second-order valence-corrected chi connectivity index (χ2v) is 7.43. The Kier molecular flexibility index (Phi) is 5.56. The van der Waals surface area contributed by atoms with Gasteiger partial charge in [-0.25, -0.2) is 9.97 Å². The topological polar surface area (TPSA) is 68.3 Å². The van der Waals surface area contributed by atoms with Crippen molar-refractivity contribution in [3.63, 3.8) is 0 Å². The molecular weight excluding hydrogens is 304 g/mol. The molecule has 0 spiro atoms. The van der Waals surface area contributed by atoms with Crippen molar-refractivity contribution in [1.29, 1.82) is 0 Å². The Hall–Kier alpha value is -1.40. The fourth-order valence-corrected chi connectivity index (χ4v) is 3.98. The number of hydrogen-bond donors (Lipinski definition) is 2. The van der Waals surface area contributed by atoms with Crippen LogP contribution in [-0.4, -0.2) is 46.5 Å². The van der Waals surface area contributed by atoms with E-state index in [2.05, 4.69) is 48.3 Å². The summed E-state index contributed by atoms with van der Waals surface area (Å²) < 4.78 is 11.6. The van der Waals surface area contributed by atoms with E-state index in [1.807, 2.05) is 6.07 Å². The molecule has 0 aromatic carbocycles. The van der Waals surface area contributed by atoms with Crippen molar-refractivity contribution in [3.8, 4) is 0 Å². The Morgan fingerprint density at radius 3 is 1.50 bits per heavy atom. The Bertz CT molecular complexity index is 478. The first kappa shape index (κ1) is 17.4. The van der Waals surface area contributed by atoms with E-state index in [0.29, 0.717) is 12.1 Å². The monoisotopic (exact) mass is 334 g/mol. The summed E-state index contributed by atoms with van der Waals surface area (Å²) in [6, 6.07) is 2.81. The van der Waals surface area contributed by atoms with E-state index in [-0.39, 0.29) is 24.4 Å². The highest BCUT2D eigenvalue weighted by Crippen LogP contribution is 2.24. The standard InChI is InChI=1S/C18H30N4O2/c1-11-5-15(6-12(2)23-11)21-17-9-18(20-10-19-17)22-16-7-13(3)24-14(4)8-16/h9-16H,5-8H2,1-4H3,(H2,19,20,21,22)/t11-,12-,13-,14+,16?/m1/s1. The fraction of sp³-hybridized carbons (Fsp3) is 0.778. The molecule has 2 fully saturated rings. The lowest BCUT2D eigenvalue weighted by atomic mass is 9.99. The minimum absolute atomic E-state index is 0.288. The maximum atomic E-state index is 5.80. The van der Waals surface area contributed by atoms with Gasteiger partial charge in [0.15, 0.2) is 0 Å². The third kappa shape index (κ3) is 4.80. The molecule has 3 rings (SSSR count). The van der Waals surface area contributed by atoms with Crippen LogP contribution >= 0.6 is 0 Å². The quantitative estimate of drug-likeness (QED) is 0.881. The maximum Gasteiger partial charge on any atom is 0.131 e. The maximum absolute atomic E-state index is 5.80. The molecule has 6 nitrogen and oxygen atoms in total. The minimum atomic E-state index is 0.288. The first-order chi connectivity index (χ1) is 11.5. The third-order valence-electron chi connectivity index (χ3n) is 4.77. The van der Waals surface area contributed by atoms with Gasteiger partial charge in [0.1, 0.15) is 18.0 Å². The Morgan fingerprint density at radius 2 is 1.12 bits per heavy atom. The van der Waals surface area contributed by atoms with Crippen LogP contribution in [0.4, 0.5) is 11.6 Å². The summed E-state index contributed by atoms with van der Waals surface area (Å²) in [4.78, 5) is 8.76. The van der Waals surface area contributed by atoms with Crippen LogP contribution in [0.3, 0.4) is 0 Å². The molecule has 2 saturated heterocycles. The number of nitrogens with one attached hydrogen (secondary N) is 2. The lowest BCUT2D eigenvalue weighted by molar-refractivity contribution is -0.0340. The molecule has 1 aromatic heterocycles. The largest absolute Gasteiger partial charge is 0.375 e. The van der Waals surface area contributed by atoms with Gasteiger partial charge in [-0.05, 0) is 53.4 Å². The van der Waals surface area contributed by atoms with Gasteiger partial charge in [0, 0.05) is 18.2 Å². The smallest absolute Gasteiger partial charge is 0.131 e. The van der Waals surface area contributed by atoms with Crippen molar-refractivity contribution in [3.05, 3.63) is 12.4 Å². The summed E-state index contributed by atoms with van der Waals surface area (Å²) in [6.07, 6.45) is 6.80. The second-order valence-electron chi connectivity index (χ2n) is 7.43. The van der Waals surface area contributed by atoms with E-state index in [0.717, 1.165) is 37.3 Å². The number of rotatable bonds is 4. The molecule has 0 radical (unpaired) electrons. The molecule has 0 bridgehead atoms. The fourth-order valence-electron chi connectivity index (χ4n) is 3.98. The average Bonchev–Trinajstić information content (AvgIpc) is 2.45. The number of nitrogens with zero attached hydrogens (tertiary/aromatic N) is 2. The van der Waals surface area contributed by atoms with E-state index in [4.69, 9.17) is 9.47 Å². The summed E-state index contributed by atoms with van der Waals surface area (Å²) >= 11 is 0. The van der Waals surface area contributed by atoms with E-state index in [1.165, 1.54) is 0 Å². The highest BCUT2D eigenvalue weighted by molar-refractivity contribution is 5.47. The molecule has 3 heterocycles. The molecule has 24 heavy (non-hydrogen) atoms. The van der Waals surface area contributed by atoms with E-state index >= 15 is 0 Å². The van der Waals surface area contributed by atoms with Crippen LogP contribution in [0.5, 0.6) is 0 Å². The van der Waals surface area contributed by atoms with Crippen molar-refractivity contribution < 1.29 is 9.47 Å². The Morgan fingerprint density at radius 1 is 0.750 bits per heavy atom. The van der Waals surface area contributed by atoms with Crippen LogP contribution in [0.2, 0.25) is 0 Å². The zero-order chi connectivity index (χ0) is 17.1. The lowest BCUT2D eigenvalue weighted by Gasteiger charge is -2.33. The van der Waals surface area contributed by atoms with Crippen LogP contribution < -0.4 is 10.6 Å². The van der Waals surface area contributed by atoms with Crippen LogP contribution in [0.25, 0.3) is 0 Å². The van der Waals surface area contributed by atoms with Crippen LogP contribution in [0.15, 0.2) is 12.4 Å².